The molecule has 4 aromatic rings. The van der Waals surface area contributed by atoms with Crippen LogP contribution in [0.5, 0.6) is 11.5 Å². The Kier molecular flexibility index (Phi) is 8.83. The number of carbonyl (C=O) groups excluding carboxylic acids is 1. The highest BCUT2D eigenvalue weighted by Gasteiger charge is 2.22. The predicted octanol–water partition coefficient (Wildman–Crippen LogP) is 7.51. The summed E-state index contributed by atoms with van der Waals surface area (Å²) < 4.78 is 14.0. The number of likely N-dealkylation sites (tertiary alicyclic amines) is 2. The first kappa shape index (κ1) is 27.5. The highest BCUT2D eigenvalue weighted by Crippen LogP contribution is 2.41. The van der Waals surface area contributed by atoms with Gasteiger partial charge >= 0.3 is 0 Å². The van der Waals surface area contributed by atoms with Crippen molar-refractivity contribution in [2.45, 2.75) is 25.7 Å². The summed E-state index contributed by atoms with van der Waals surface area (Å²) in [5, 5.41) is 0.987. The van der Waals surface area contributed by atoms with Crippen LogP contribution in [0.1, 0.15) is 41.6 Å². The lowest BCUT2D eigenvalue weighted by Gasteiger charge is -2.16. The van der Waals surface area contributed by atoms with Crippen molar-refractivity contribution < 1.29 is 14.3 Å². The molecule has 0 radical (unpaired) electrons. The zero-order chi connectivity index (χ0) is 27.3. The van der Waals surface area contributed by atoms with Crippen LogP contribution in [-0.4, -0.2) is 68.1 Å². The fourth-order valence-corrected chi connectivity index (χ4v) is 7.37. The Morgan fingerprint density at radius 3 is 2.12 bits per heavy atom. The smallest absolute Gasteiger partial charge is 0.195 e. The van der Waals surface area contributed by atoms with E-state index in [0.29, 0.717) is 18.8 Å². The maximum absolute atomic E-state index is 14.0. The monoisotopic (exact) mass is 618 g/mol. The third-order valence-corrected chi connectivity index (χ3v) is 9.71. The molecule has 40 heavy (non-hydrogen) atoms. The van der Waals surface area contributed by atoms with Crippen molar-refractivity contribution in [3.63, 3.8) is 0 Å². The molecular weight excluding hydrogens is 584 g/mol. The maximum atomic E-state index is 14.0. The van der Waals surface area contributed by atoms with E-state index in [2.05, 4.69) is 43.9 Å². The van der Waals surface area contributed by atoms with Crippen molar-refractivity contribution in [3.05, 3.63) is 82.3 Å². The number of hydrogen-bond donors (Lipinski definition) is 0. The minimum atomic E-state index is 0.0164. The molecule has 1 aromatic heterocycles. The van der Waals surface area contributed by atoms with E-state index < -0.39 is 0 Å². The van der Waals surface area contributed by atoms with Gasteiger partial charge in [-0.15, -0.1) is 11.3 Å². The van der Waals surface area contributed by atoms with Gasteiger partial charge in [0.2, 0.25) is 0 Å². The zero-order valence-corrected chi connectivity index (χ0v) is 25.1. The van der Waals surface area contributed by atoms with Crippen molar-refractivity contribution >= 4 is 43.1 Å². The first-order chi connectivity index (χ1) is 19.7. The van der Waals surface area contributed by atoms with Gasteiger partial charge in [-0.2, -0.15) is 0 Å². The minimum Gasteiger partial charge on any atom is -0.492 e. The van der Waals surface area contributed by atoms with E-state index in [4.69, 9.17) is 9.47 Å². The van der Waals surface area contributed by atoms with Gasteiger partial charge in [-0.25, -0.2) is 0 Å². The lowest BCUT2D eigenvalue weighted by Crippen LogP contribution is -2.25. The third kappa shape index (κ3) is 6.28. The van der Waals surface area contributed by atoms with E-state index in [-0.39, 0.29) is 5.78 Å². The Balaban J connectivity index is 1.20. The summed E-state index contributed by atoms with van der Waals surface area (Å²) in [5.74, 6) is 1.65. The third-order valence-electron chi connectivity index (χ3n) is 7.87. The van der Waals surface area contributed by atoms with Gasteiger partial charge in [-0.1, -0.05) is 18.2 Å². The van der Waals surface area contributed by atoms with Gasteiger partial charge in [0.1, 0.15) is 24.7 Å². The Bertz CT molecular complexity index is 1460. The number of carbonyl (C=O) groups is 1. The van der Waals surface area contributed by atoms with Crippen LogP contribution in [-0.2, 0) is 0 Å². The van der Waals surface area contributed by atoms with Crippen molar-refractivity contribution in [1.29, 1.82) is 0 Å². The highest BCUT2D eigenvalue weighted by atomic mass is 79.9. The minimum absolute atomic E-state index is 0.0164. The molecular formula is C33H35BrN2O3S. The highest BCUT2D eigenvalue weighted by molar-refractivity contribution is 9.10. The number of fused-ring (bicyclic) bond motifs is 1. The number of rotatable bonds is 11. The van der Waals surface area contributed by atoms with E-state index in [1.54, 1.807) is 11.3 Å². The number of benzene rings is 3. The molecule has 3 heterocycles. The number of thiophene rings is 1. The summed E-state index contributed by atoms with van der Waals surface area (Å²) in [5.41, 5.74) is 2.42. The van der Waals surface area contributed by atoms with Crippen molar-refractivity contribution in [3.8, 4) is 21.9 Å². The SMILES string of the molecule is O=C(c1ccc(OCCN2CCCC2)c(Br)c1)c1c(-c2ccc(OCCN3CCCC3)cc2)sc2ccccc12. The largest absolute Gasteiger partial charge is 0.492 e. The molecule has 3 aromatic carbocycles. The predicted molar refractivity (Wildman–Crippen MR) is 167 cm³/mol. The van der Waals surface area contributed by atoms with Crippen molar-refractivity contribution in [1.82, 2.24) is 9.80 Å². The molecule has 0 atom stereocenters. The van der Waals surface area contributed by atoms with Crippen LogP contribution in [0.15, 0.2) is 71.2 Å². The second-order valence-electron chi connectivity index (χ2n) is 10.6. The van der Waals surface area contributed by atoms with E-state index in [1.807, 2.05) is 48.5 Å². The standard InChI is InChI=1S/C33H35BrN2O3S/c34-28-23-25(11-14-29(28)39-22-20-36-17-5-6-18-36)32(37)31-27-7-1-2-8-30(27)40-33(31)24-9-12-26(13-10-24)38-21-19-35-15-3-4-16-35/h1-2,7-14,23H,3-6,15-22H2. The molecule has 0 saturated carbocycles. The molecule has 7 heteroatoms. The molecule has 0 amide bonds. The van der Waals surface area contributed by atoms with Gasteiger partial charge in [0.25, 0.3) is 0 Å². The lowest BCUT2D eigenvalue weighted by molar-refractivity contribution is 0.104. The van der Waals surface area contributed by atoms with Crippen LogP contribution in [0.3, 0.4) is 0 Å². The average Bonchev–Trinajstić information content (AvgIpc) is 3.76. The Morgan fingerprint density at radius 2 is 1.45 bits per heavy atom. The van der Waals surface area contributed by atoms with Crippen LogP contribution in [0.4, 0.5) is 0 Å². The van der Waals surface area contributed by atoms with Gasteiger partial charge in [0, 0.05) is 39.2 Å². The summed E-state index contributed by atoms with van der Waals surface area (Å²) >= 11 is 5.31. The summed E-state index contributed by atoms with van der Waals surface area (Å²) in [6.45, 7) is 7.90. The van der Waals surface area contributed by atoms with E-state index in [1.165, 1.54) is 38.8 Å². The Morgan fingerprint density at radius 1 is 0.800 bits per heavy atom. The number of halogens is 1. The Labute approximate surface area is 248 Å². The van der Waals surface area contributed by atoms with Crippen LogP contribution < -0.4 is 9.47 Å². The maximum Gasteiger partial charge on any atom is 0.195 e. The van der Waals surface area contributed by atoms with Crippen molar-refractivity contribution in [2.24, 2.45) is 0 Å². The molecule has 2 aliphatic heterocycles. The normalized spacial score (nSPS) is 16.1. The van der Waals surface area contributed by atoms with E-state index in [0.717, 1.165) is 68.2 Å². The van der Waals surface area contributed by atoms with E-state index >= 15 is 0 Å². The molecule has 5 nitrogen and oxygen atoms in total. The number of ketones is 1. The fourth-order valence-electron chi connectivity index (χ4n) is 5.67. The molecule has 2 fully saturated rings. The van der Waals surface area contributed by atoms with Crippen molar-refractivity contribution in [2.75, 3.05) is 52.5 Å². The first-order valence-corrected chi connectivity index (χ1v) is 15.9. The zero-order valence-electron chi connectivity index (χ0n) is 22.7. The number of ether oxygens (including phenoxy) is 2. The molecule has 6 rings (SSSR count). The molecule has 0 N–H and O–H groups in total. The molecule has 0 bridgehead atoms. The van der Waals surface area contributed by atoms with Crippen LogP contribution in [0, 0.1) is 0 Å². The van der Waals surface area contributed by atoms with Gasteiger partial charge in [-0.05, 0) is 122 Å². The summed E-state index contributed by atoms with van der Waals surface area (Å²) in [4.78, 5) is 19.9. The topological polar surface area (TPSA) is 42.0 Å². The molecule has 2 aliphatic rings. The fraction of sp³-hybridized carbons (Fsp3) is 0.364. The molecule has 2 saturated heterocycles. The van der Waals surface area contributed by atoms with Crippen LogP contribution in [0.25, 0.3) is 20.5 Å². The van der Waals surface area contributed by atoms with Crippen LogP contribution >= 0.6 is 27.3 Å². The van der Waals surface area contributed by atoms with Gasteiger partial charge in [0.05, 0.1) is 4.47 Å². The van der Waals surface area contributed by atoms with Gasteiger partial charge in [0.15, 0.2) is 5.78 Å². The first-order valence-electron chi connectivity index (χ1n) is 14.3. The van der Waals surface area contributed by atoms with Gasteiger partial charge < -0.3 is 9.47 Å². The van der Waals surface area contributed by atoms with Gasteiger partial charge in [-0.3, -0.25) is 14.6 Å². The number of nitrogens with zero attached hydrogens (tertiary/aromatic N) is 2. The second kappa shape index (κ2) is 12.9. The Hall–Kier alpha value is -2.71. The summed E-state index contributed by atoms with van der Waals surface area (Å²) in [6.07, 6.45) is 5.13. The molecule has 208 valence electrons. The average molecular weight is 620 g/mol. The quantitative estimate of drug-likeness (QED) is 0.163. The molecule has 0 aliphatic carbocycles. The number of hydrogen-bond acceptors (Lipinski definition) is 6. The second-order valence-corrected chi connectivity index (χ2v) is 12.5. The van der Waals surface area contributed by atoms with E-state index in [9.17, 15) is 4.79 Å². The van der Waals surface area contributed by atoms with Crippen LogP contribution in [0.2, 0.25) is 0 Å². The summed E-state index contributed by atoms with van der Waals surface area (Å²) in [7, 11) is 0. The lowest BCUT2D eigenvalue weighted by atomic mass is 9.97. The molecule has 0 spiro atoms. The summed E-state index contributed by atoms with van der Waals surface area (Å²) in [6, 6.07) is 22.0. The molecule has 0 unspecified atom stereocenters.